The van der Waals surface area contributed by atoms with Crippen LogP contribution in [0.25, 0.3) is 0 Å². The Balaban J connectivity index is 0.00000225. The number of halogens is 1. The highest BCUT2D eigenvalue weighted by Gasteiger charge is 2.20. The van der Waals surface area contributed by atoms with Gasteiger partial charge in [-0.05, 0) is 37.8 Å². The number of nitrogens with zero attached hydrogens (tertiary/aromatic N) is 1. The van der Waals surface area contributed by atoms with Crippen molar-refractivity contribution in [3.05, 3.63) is 28.3 Å². The van der Waals surface area contributed by atoms with Crippen molar-refractivity contribution < 1.29 is 19.0 Å². The molecular formula is C17H21ClN2O4S. The van der Waals surface area contributed by atoms with E-state index in [0.717, 1.165) is 25.0 Å². The Morgan fingerprint density at radius 2 is 1.72 bits per heavy atom. The molecule has 0 saturated carbocycles. The zero-order valence-electron chi connectivity index (χ0n) is 14.4. The van der Waals surface area contributed by atoms with Gasteiger partial charge in [0, 0.05) is 10.4 Å². The van der Waals surface area contributed by atoms with Gasteiger partial charge in [-0.25, -0.2) is 4.98 Å². The van der Waals surface area contributed by atoms with Crippen LogP contribution in [-0.4, -0.2) is 32.2 Å². The Morgan fingerprint density at radius 1 is 1.08 bits per heavy atom. The third kappa shape index (κ3) is 3.99. The molecule has 1 aromatic heterocycles. The molecule has 0 atom stereocenters. The Hall–Kier alpha value is -1.99. The first kappa shape index (κ1) is 19.3. The molecule has 8 heteroatoms. The van der Waals surface area contributed by atoms with E-state index < -0.39 is 0 Å². The average molecular weight is 385 g/mol. The fraction of sp³-hybridized carbons (Fsp3) is 0.412. The number of hydrogen-bond donors (Lipinski definition) is 1. The van der Waals surface area contributed by atoms with E-state index >= 15 is 0 Å². The highest BCUT2D eigenvalue weighted by atomic mass is 35.5. The fourth-order valence-corrected chi connectivity index (χ4v) is 3.83. The van der Waals surface area contributed by atoms with Crippen molar-refractivity contribution in [3.8, 4) is 17.2 Å². The van der Waals surface area contributed by atoms with Crippen molar-refractivity contribution in [2.24, 2.45) is 0 Å². The Bertz CT molecular complexity index is 715. The Labute approximate surface area is 156 Å². The number of carbonyl (C=O) groups is 1. The van der Waals surface area contributed by atoms with Crippen molar-refractivity contribution in [3.63, 3.8) is 0 Å². The number of thiazole rings is 1. The summed E-state index contributed by atoms with van der Waals surface area (Å²) < 4.78 is 15.9. The summed E-state index contributed by atoms with van der Waals surface area (Å²) in [5.41, 5.74) is 1.55. The number of anilines is 1. The van der Waals surface area contributed by atoms with Gasteiger partial charge in [-0.15, -0.1) is 23.7 Å². The van der Waals surface area contributed by atoms with E-state index in [2.05, 4.69) is 10.3 Å². The number of amides is 1. The summed E-state index contributed by atoms with van der Waals surface area (Å²) >= 11 is 1.56. The summed E-state index contributed by atoms with van der Waals surface area (Å²) in [5, 5.41) is 3.51. The second-order valence-corrected chi connectivity index (χ2v) is 6.55. The van der Waals surface area contributed by atoms with Crippen LogP contribution in [-0.2, 0) is 12.8 Å². The van der Waals surface area contributed by atoms with Crippen molar-refractivity contribution in [1.82, 2.24) is 4.98 Å². The molecule has 0 aliphatic heterocycles. The lowest BCUT2D eigenvalue weighted by Gasteiger charge is -2.13. The van der Waals surface area contributed by atoms with Gasteiger partial charge >= 0.3 is 0 Å². The highest BCUT2D eigenvalue weighted by molar-refractivity contribution is 7.15. The Kier molecular flexibility index (Phi) is 6.50. The van der Waals surface area contributed by atoms with E-state index in [1.54, 1.807) is 23.5 Å². The van der Waals surface area contributed by atoms with Gasteiger partial charge in [0.25, 0.3) is 5.91 Å². The highest BCUT2D eigenvalue weighted by Crippen LogP contribution is 2.38. The molecule has 0 unspecified atom stereocenters. The maximum Gasteiger partial charge on any atom is 0.257 e. The fourth-order valence-electron chi connectivity index (χ4n) is 2.79. The summed E-state index contributed by atoms with van der Waals surface area (Å²) in [5.74, 6) is 1.10. The van der Waals surface area contributed by atoms with Crippen LogP contribution >= 0.6 is 23.7 Å². The monoisotopic (exact) mass is 384 g/mol. The van der Waals surface area contributed by atoms with Crippen molar-refractivity contribution in [2.75, 3.05) is 26.6 Å². The number of benzene rings is 1. The summed E-state index contributed by atoms with van der Waals surface area (Å²) in [6.45, 7) is 0. The van der Waals surface area contributed by atoms with Crippen LogP contribution in [0.3, 0.4) is 0 Å². The molecule has 6 nitrogen and oxygen atoms in total. The predicted molar refractivity (Wildman–Crippen MR) is 100 cm³/mol. The quantitative estimate of drug-likeness (QED) is 0.850. The SMILES string of the molecule is COc1cc(C(=O)Nc2nc3c(s2)CCCC3)cc(OC)c1OC.Cl. The van der Waals surface area contributed by atoms with Crippen LogP contribution in [0.4, 0.5) is 5.13 Å². The Morgan fingerprint density at radius 3 is 2.28 bits per heavy atom. The van der Waals surface area contributed by atoms with Crippen LogP contribution < -0.4 is 19.5 Å². The molecule has 1 aliphatic rings. The van der Waals surface area contributed by atoms with E-state index in [0.29, 0.717) is 27.9 Å². The molecular weight excluding hydrogens is 364 g/mol. The number of aromatic nitrogens is 1. The minimum absolute atomic E-state index is 0. The summed E-state index contributed by atoms with van der Waals surface area (Å²) in [6, 6.07) is 3.26. The number of nitrogens with one attached hydrogen (secondary N) is 1. The molecule has 136 valence electrons. The smallest absolute Gasteiger partial charge is 0.257 e. The number of rotatable bonds is 5. The first-order valence-electron chi connectivity index (χ1n) is 7.76. The van der Waals surface area contributed by atoms with Crippen molar-refractivity contribution in [1.29, 1.82) is 0 Å². The van der Waals surface area contributed by atoms with Crippen molar-refractivity contribution in [2.45, 2.75) is 25.7 Å². The second-order valence-electron chi connectivity index (χ2n) is 5.46. The lowest BCUT2D eigenvalue weighted by molar-refractivity contribution is 0.102. The van der Waals surface area contributed by atoms with E-state index in [1.165, 1.54) is 32.6 Å². The largest absolute Gasteiger partial charge is 0.493 e. The van der Waals surface area contributed by atoms with E-state index in [-0.39, 0.29) is 18.3 Å². The summed E-state index contributed by atoms with van der Waals surface area (Å²) in [6.07, 6.45) is 4.39. The van der Waals surface area contributed by atoms with E-state index in [1.807, 2.05) is 0 Å². The second kappa shape index (κ2) is 8.40. The van der Waals surface area contributed by atoms with Gasteiger partial charge < -0.3 is 14.2 Å². The number of methoxy groups -OCH3 is 3. The summed E-state index contributed by atoms with van der Waals surface area (Å²) in [7, 11) is 4.57. The van der Waals surface area contributed by atoms with Crippen LogP contribution in [0.1, 0.15) is 33.8 Å². The van der Waals surface area contributed by atoms with Crippen LogP contribution in [0, 0.1) is 0 Å². The molecule has 1 aliphatic carbocycles. The molecule has 0 spiro atoms. The molecule has 0 fully saturated rings. The van der Waals surface area contributed by atoms with Crippen LogP contribution in [0.2, 0.25) is 0 Å². The maximum atomic E-state index is 12.6. The molecule has 0 saturated heterocycles. The minimum Gasteiger partial charge on any atom is -0.493 e. The standard InChI is InChI=1S/C17H20N2O4S.ClH/c1-21-12-8-10(9-13(22-2)15(12)23-3)16(20)19-17-18-11-6-4-5-7-14(11)24-17;/h8-9H,4-7H2,1-3H3,(H,18,19,20);1H. The van der Waals surface area contributed by atoms with Crippen LogP contribution in [0.5, 0.6) is 17.2 Å². The van der Waals surface area contributed by atoms with Gasteiger partial charge in [0.05, 0.1) is 27.0 Å². The van der Waals surface area contributed by atoms with Gasteiger partial charge in [-0.2, -0.15) is 0 Å². The normalized spacial score (nSPS) is 12.6. The van der Waals surface area contributed by atoms with Crippen LogP contribution in [0.15, 0.2) is 12.1 Å². The zero-order valence-corrected chi connectivity index (χ0v) is 16.0. The molecule has 25 heavy (non-hydrogen) atoms. The van der Waals surface area contributed by atoms with E-state index in [4.69, 9.17) is 14.2 Å². The minimum atomic E-state index is -0.250. The maximum absolute atomic E-state index is 12.6. The number of hydrogen-bond acceptors (Lipinski definition) is 6. The molecule has 0 radical (unpaired) electrons. The van der Waals surface area contributed by atoms with Gasteiger partial charge in [0.1, 0.15) is 0 Å². The molecule has 1 heterocycles. The molecule has 1 N–H and O–H groups in total. The number of carbonyl (C=O) groups excluding carboxylic acids is 1. The lowest BCUT2D eigenvalue weighted by atomic mass is 10.0. The lowest BCUT2D eigenvalue weighted by Crippen LogP contribution is -2.12. The van der Waals surface area contributed by atoms with Crippen molar-refractivity contribution >= 4 is 34.8 Å². The first-order chi connectivity index (χ1) is 11.7. The molecule has 2 aromatic rings. The number of ether oxygens (including phenoxy) is 3. The van der Waals surface area contributed by atoms with Gasteiger partial charge in [-0.3, -0.25) is 10.1 Å². The molecule has 1 amide bonds. The number of fused-ring (bicyclic) bond motifs is 1. The zero-order chi connectivity index (χ0) is 17.1. The molecule has 0 bridgehead atoms. The summed E-state index contributed by atoms with van der Waals surface area (Å²) in [4.78, 5) is 18.4. The number of aryl methyl sites for hydroxylation is 2. The van der Waals surface area contributed by atoms with E-state index in [9.17, 15) is 4.79 Å². The van der Waals surface area contributed by atoms with Gasteiger partial charge in [-0.1, -0.05) is 0 Å². The van der Waals surface area contributed by atoms with Gasteiger partial charge in [0.2, 0.25) is 5.75 Å². The average Bonchev–Trinajstić information content (AvgIpc) is 3.02. The predicted octanol–water partition coefficient (Wildman–Crippen LogP) is 3.72. The third-order valence-corrected chi connectivity index (χ3v) is 5.07. The molecule has 1 aromatic carbocycles. The third-order valence-electron chi connectivity index (χ3n) is 3.99. The topological polar surface area (TPSA) is 69.7 Å². The first-order valence-corrected chi connectivity index (χ1v) is 8.58. The van der Waals surface area contributed by atoms with Gasteiger partial charge in [0.15, 0.2) is 16.6 Å². The molecule has 3 rings (SSSR count).